The third-order valence-corrected chi connectivity index (χ3v) is 3.69. The molecule has 8 nitrogen and oxygen atoms in total. The quantitative estimate of drug-likeness (QED) is 0.340. The molecule has 8 heteroatoms. The standard InChI is InChI=1S/C19H19N5O3/c25-24(26)17-7-5-16(6-8-17)21-12-11-20-14-15-3-1-4-18(13-15)27-19-22-9-2-10-23-19/h1-10,13,20-21H,11-12,14H2. The Hall–Kier alpha value is -3.52. The lowest BCUT2D eigenvalue weighted by molar-refractivity contribution is -0.384. The van der Waals surface area contributed by atoms with E-state index in [1.165, 1.54) is 12.1 Å². The predicted molar refractivity (Wildman–Crippen MR) is 102 cm³/mol. The van der Waals surface area contributed by atoms with Crippen LogP contribution in [-0.2, 0) is 6.54 Å². The molecule has 27 heavy (non-hydrogen) atoms. The molecule has 0 bridgehead atoms. The average Bonchev–Trinajstić information content (AvgIpc) is 2.69. The van der Waals surface area contributed by atoms with Gasteiger partial charge in [0.2, 0.25) is 0 Å². The van der Waals surface area contributed by atoms with Crippen molar-refractivity contribution in [2.75, 3.05) is 18.4 Å². The monoisotopic (exact) mass is 365 g/mol. The molecule has 0 aliphatic heterocycles. The van der Waals surface area contributed by atoms with Crippen molar-refractivity contribution in [1.29, 1.82) is 0 Å². The van der Waals surface area contributed by atoms with Gasteiger partial charge in [-0.25, -0.2) is 9.97 Å². The highest BCUT2D eigenvalue weighted by Gasteiger charge is 2.03. The largest absolute Gasteiger partial charge is 0.424 e. The molecular formula is C19H19N5O3. The molecule has 0 spiro atoms. The Bertz CT molecular complexity index is 872. The van der Waals surface area contributed by atoms with E-state index in [1.807, 2.05) is 24.3 Å². The van der Waals surface area contributed by atoms with Gasteiger partial charge in [-0.15, -0.1) is 0 Å². The molecule has 0 amide bonds. The van der Waals surface area contributed by atoms with Gasteiger partial charge in [0, 0.05) is 49.8 Å². The van der Waals surface area contributed by atoms with Crippen LogP contribution in [0.1, 0.15) is 5.56 Å². The van der Waals surface area contributed by atoms with Crippen LogP contribution >= 0.6 is 0 Å². The zero-order valence-electron chi connectivity index (χ0n) is 14.5. The van der Waals surface area contributed by atoms with Crippen molar-refractivity contribution in [3.05, 3.63) is 82.7 Å². The molecule has 0 saturated heterocycles. The average molecular weight is 365 g/mol. The summed E-state index contributed by atoms with van der Waals surface area (Å²) in [5, 5.41) is 17.2. The second-order valence-electron chi connectivity index (χ2n) is 5.69. The highest BCUT2D eigenvalue weighted by molar-refractivity contribution is 5.48. The maximum absolute atomic E-state index is 10.6. The molecule has 0 aliphatic carbocycles. The van der Waals surface area contributed by atoms with Crippen molar-refractivity contribution in [1.82, 2.24) is 15.3 Å². The fourth-order valence-electron chi connectivity index (χ4n) is 2.39. The molecule has 2 N–H and O–H groups in total. The number of nitro groups is 1. The Balaban J connectivity index is 1.41. The third-order valence-electron chi connectivity index (χ3n) is 3.69. The van der Waals surface area contributed by atoms with Crippen LogP contribution in [-0.4, -0.2) is 28.0 Å². The number of ether oxygens (including phenoxy) is 1. The summed E-state index contributed by atoms with van der Waals surface area (Å²) in [6.07, 6.45) is 3.26. The van der Waals surface area contributed by atoms with E-state index in [2.05, 4.69) is 20.6 Å². The fourth-order valence-corrected chi connectivity index (χ4v) is 2.39. The van der Waals surface area contributed by atoms with E-state index in [0.29, 0.717) is 24.8 Å². The topological polar surface area (TPSA) is 102 Å². The van der Waals surface area contributed by atoms with Crippen LogP contribution in [0, 0.1) is 10.1 Å². The molecule has 0 unspecified atom stereocenters. The van der Waals surface area contributed by atoms with Gasteiger partial charge in [-0.1, -0.05) is 12.1 Å². The van der Waals surface area contributed by atoms with Gasteiger partial charge in [-0.05, 0) is 35.9 Å². The van der Waals surface area contributed by atoms with Crippen molar-refractivity contribution in [3.63, 3.8) is 0 Å². The van der Waals surface area contributed by atoms with E-state index in [-0.39, 0.29) is 5.69 Å². The highest BCUT2D eigenvalue weighted by Crippen LogP contribution is 2.18. The van der Waals surface area contributed by atoms with Crippen molar-refractivity contribution >= 4 is 11.4 Å². The summed E-state index contributed by atoms with van der Waals surface area (Å²) in [4.78, 5) is 18.3. The van der Waals surface area contributed by atoms with E-state index >= 15 is 0 Å². The molecule has 1 heterocycles. The summed E-state index contributed by atoms with van der Waals surface area (Å²) in [7, 11) is 0. The molecule has 0 radical (unpaired) electrons. The first kappa shape index (κ1) is 18.3. The molecule has 1 aromatic heterocycles. The molecular weight excluding hydrogens is 346 g/mol. The number of nitro benzene ring substituents is 1. The number of non-ortho nitro benzene ring substituents is 1. The van der Waals surface area contributed by atoms with Crippen LogP contribution in [0.25, 0.3) is 0 Å². The first-order valence-corrected chi connectivity index (χ1v) is 8.43. The van der Waals surface area contributed by atoms with Gasteiger partial charge in [0.1, 0.15) is 5.75 Å². The normalized spacial score (nSPS) is 10.4. The van der Waals surface area contributed by atoms with Gasteiger partial charge in [-0.2, -0.15) is 0 Å². The van der Waals surface area contributed by atoms with Crippen molar-refractivity contribution in [3.8, 4) is 11.8 Å². The lowest BCUT2D eigenvalue weighted by atomic mass is 10.2. The van der Waals surface area contributed by atoms with Crippen molar-refractivity contribution in [2.24, 2.45) is 0 Å². The van der Waals surface area contributed by atoms with Crippen LogP contribution in [0.3, 0.4) is 0 Å². The zero-order valence-corrected chi connectivity index (χ0v) is 14.5. The Morgan fingerprint density at radius 1 is 1.00 bits per heavy atom. The number of nitrogens with zero attached hydrogens (tertiary/aromatic N) is 3. The molecule has 0 aliphatic rings. The molecule has 3 rings (SSSR count). The van der Waals surface area contributed by atoms with Crippen LogP contribution < -0.4 is 15.4 Å². The Kier molecular flexibility index (Phi) is 6.26. The minimum absolute atomic E-state index is 0.0849. The summed E-state index contributed by atoms with van der Waals surface area (Å²) >= 11 is 0. The lowest BCUT2D eigenvalue weighted by Gasteiger charge is -2.09. The Labute approximate surface area is 156 Å². The van der Waals surface area contributed by atoms with Crippen LogP contribution in [0.5, 0.6) is 11.8 Å². The van der Waals surface area contributed by atoms with E-state index < -0.39 is 4.92 Å². The first-order chi connectivity index (χ1) is 13.2. The second kappa shape index (κ2) is 9.25. The highest BCUT2D eigenvalue weighted by atomic mass is 16.6. The van der Waals surface area contributed by atoms with Crippen LogP contribution in [0.2, 0.25) is 0 Å². The predicted octanol–water partition coefficient (Wildman–Crippen LogP) is 3.38. The smallest absolute Gasteiger partial charge is 0.321 e. The summed E-state index contributed by atoms with van der Waals surface area (Å²) < 4.78 is 5.62. The van der Waals surface area contributed by atoms with Crippen LogP contribution in [0.4, 0.5) is 11.4 Å². The minimum Gasteiger partial charge on any atom is -0.424 e. The fraction of sp³-hybridized carbons (Fsp3) is 0.158. The van der Waals surface area contributed by atoms with E-state index in [9.17, 15) is 10.1 Å². The van der Waals surface area contributed by atoms with Gasteiger partial charge >= 0.3 is 6.01 Å². The molecule has 0 atom stereocenters. The molecule has 0 saturated carbocycles. The molecule has 3 aromatic rings. The van der Waals surface area contributed by atoms with Gasteiger partial charge in [0.05, 0.1) is 4.92 Å². The maximum atomic E-state index is 10.6. The van der Waals surface area contributed by atoms with Crippen molar-refractivity contribution < 1.29 is 9.66 Å². The van der Waals surface area contributed by atoms with E-state index in [0.717, 1.165) is 17.8 Å². The Morgan fingerprint density at radius 3 is 2.52 bits per heavy atom. The number of nitrogens with one attached hydrogen (secondary N) is 2. The Morgan fingerprint density at radius 2 is 1.78 bits per heavy atom. The number of hydrogen-bond donors (Lipinski definition) is 2. The van der Waals surface area contributed by atoms with Gasteiger partial charge in [0.15, 0.2) is 0 Å². The van der Waals surface area contributed by atoms with Gasteiger partial charge in [0.25, 0.3) is 5.69 Å². The molecule has 0 fully saturated rings. The number of hydrogen-bond acceptors (Lipinski definition) is 7. The zero-order chi connectivity index (χ0) is 18.9. The van der Waals surface area contributed by atoms with Crippen LogP contribution in [0.15, 0.2) is 67.0 Å². The summed E-state index contributed by atoms with van der Waals surface area (Å²) in [5.41, 5.74) is 2.01. The van der Waals surface area contributed by atoms with Crippen molar-refractivity contribution in [2.45, 2.75) is 6.54 Å². The SMILES string of the molecule is O=[N+]([O-])c1ccc(NCCNCc2cccc(Oc3ncccn3)c2)cc1. The number of anilines is 1. The summed E-state index contributed by atoms with van der Waals surface area (Å²) in [6.45, 7) is 2.13. The van der Waals surface area contributed by atoms with E-state index in [1.54, 1.807) is 30.6 Å². The first-order valence-electron chi connectivity index (χ1n) is 8.43. The summed E-state index contributed by atoms with van der Waals surface area (Å²) in [5.74, 6) is 0.685. The number of rotatable bonds is 9. The van der Waals surface area contributed by atoms with E-state index in [4.69, 9.17) is 4.74 Å². The van der Waals surface area contributed by atoms with Gasteiger partial charge in [-0.3, -0.25) is 10.1 Å². The summed E-state index contributed by atoms with van der Waals surface area (Å²) in [6, 6.07) is 16.1. The molecule has 138 valence electrons. The molecule has 2 aromatic carbocycles. The lowest BCUT2D eigenvalue weighted by Crippen LogP contribution is -2.21. The second-order valence-corrected chi connectivity index (χ2v) is 5.69. The minimum atomic E-state index is -0.410. The maximum Gasteiger partial charge on any atom is 0.321 e. The number of aromatic nitrogens is 2. The third kappa shape index (κ3) is 5.75. The van der Waals surface area contributed by atoms with Gasteiger partial charge < -0.3 is 15.4 Å². The number of benzene rings is 2.